The van der Waals surface area contributed by atoms with Gasteiger partial charge in [0.2, 0.25) is 0 Å². The summed E-state index contributed by atoms with van der Waals surface area (Å²) in [5, 5.41) is 3.58. The van der Waals surface area contributed by atoms with Crippen molar-refractivity contribution in [3.63, 3.8) is 0 Å². The zero-order chi connectivity index (χ0) is 41.6. The van der Waals surface area contributed by atoms with E-state index in [-0.39, 0.29) is 12.1 Å². The van der Waals surface area contributed by atoms with Crippen LogP contribution in [0.2, 0.25) is 19.6 Å². The molecule has 0 spiro atoms. The molecule has 61 heavy (non-hydrogen) atoms. The maximum absolute atomic E-state index is 6.74. The van der Waals surface area contributed by atoms with Gasteiger partial charge in [0.25, 0.3) is 6.71 Å². The summed E-state index contributed by atoms with van der Waals surface area (Å²) < 4.78 is 6.74. The predicted octanol–water partition coefficient (Wildman–Crippen LogP) is 12.4. The number of pyridine rings is 1. The van der Waals surface area contributed by atoms with Gasteiger partial charge in [-0.25, -0.2) is 4.98 Å². The van der Waals surface area contributed by atoms with Crippen molar-refractivity contribution in [2.24, 2.45) is 0 Å². The number of nitrogens with zero attached hydrogens (tertiary/aromatic N) is 4. The molecule has 2 aliphatic heterocycles. The second kappa shape index (κ2) is 13.9. The number of benzene rings is 7. The highest BCUT2D eigenvalue weighted by Gasteiger charge is 2.45. The van der Waals surface area contributed by atoms with Crippen LogP contribution in [0.4, 0.5) is 51.4 Å². The van der Waals surface area contributed by atoms with Crippen LogP contribution in [-0.2, 0) is 5.41 Å². The van der Waals surface area contributed by atoms with Crippen molar-refractivity contribution in [1.82, 2.24) is 4.98 Å². The van der Waals surface area contributed by atoms with E-state index in [2.05, 4.69) is 225 Å². The van der Waals surface area contributed by atoms with Gasteiger partial charge in [0.1, 0.15) is 17.2 Å². The molecule has 11 rings (SSSR count). The van der Waals surface area contributed by atoms with Crippen LogP contribution >= 0.6 is 0 Å². The molecule has 0 atom stereocenters. The zero-order valence-corrected chi connectivity index (χ0v) is 36.5. The average molecular weight is 807 g/mol. The molecule has 0 fully saturated rings. The Morgan fingerprint density at radius 3 is 1.90 bits per heavy atom. The molecule has 4 heterocycles. The third-order valence-electron chi connectivity index (χ3n) is 12.5. The Balaban J connectivity index is 1.20. The molecule has 7 aromatic carbocycles. The quantitative estimate of drug-likeness (QED) is 0.156. The predicted molar refractivity (Wildman–Crippen MR) is 262 cm³/mol. The van der Waals surface area contributed by atoms with Crippen LogP contribution in [0.5, 0.6) is 0 Å². The van der Waals surface area contributed by atoms with E-state index in [4.69, 9.17) is 9.40 Å². The van der Waals surface area contributed by atoms with E-state index < -0.39 is 8.07 Å². The van der Waals surface area contributed by atoms with E-state index in [0.29, 0.717) is 0 Å². The van der Waals surface area contributed by atoms with E-state index in [1.165, 1.54) is 44.2 Å². The molecular weight excluding hydrogens is 760 g/mol. The summed E-state index contributed by atoms with van der Waals surface area (Å²) >= 11 is 0. The number of hydrogen-bond acceptors (Lipinski definition) is 5. The lowest BCUT2D eigenvalue weighted by atomic mass is 9.33. The Morgan fingerprint density at radius 1 is 0.574 bits per heavy atom. The highest BCUT2D eigenvalue weighted by Crippen LogP contribution is 2.46. The van der Waals surface area contributed by atoms with Gasteiger partial charge >= 0.3 is 0 Å². The molecule has 2 aromatic heterocycles. The highest BCUT2D eigenvalue weighted by atomic mass is 28.3. The van der Waals surface area contributed by atoms with Gasteiger partial charge in [-0.05, 0) is 100 Å². The minimum atomic E-state index is -1.85. The molecule has 7 heteroatoms. The number of aromatic nitrogens is 1. The number of para-hydroxylation sites is 5. The molecule has 0 saturated heterocycles. The molecule has 9 aromatic rings. The minimum Gasteiger partial charge on any atom is -0.454 e. The summed E-state index contributed by atoms with van der Waals surface area (Å²) in [6.07, 6.45) is 0. The van der Waals surface area contributed by atoms with Crippen molar-refractivity contribution in [2.45, 2.75) is 45.8 Å². The fraction of sp³-hybridized carbons (Fsp3) is 0.130. The molecule has 0 bridgehead atoms. The number of anilines is 9. The molecule has 5 nitrogen and oxygen atoms in total. The van der Waals surface area contributed by atoms with E-state index in [0.717, 1.165) is 56.3 Å². The second-order valence-corrected chi connectivity index (χ2v) is 23.6. The first-order chi connectivity index (χ1) is 29.5. The van der Waals surface area contributed by atoms with Crippen molar-refractivity contribution >= 4 is 110 Å². The standard InChI is InChI=1S/C54H47BN4OSi/c1-54(2,3)36-28-30-39(31-29-36)58(46-26-17-23-42-41-22-13-16-27-49(41)60-52(42)46)50-33-32-44-53(56-50)59(38-20-11-8-12-21-38)48-35-40(61(4,5)6)34-47-51(48)55(44)43-24-14-15-25-45(43)57(47)37-18-9-7-10-19-37/h7-35H,1-6H3. The lowest BCUT2D eigenvalue weighted by molar-refractivity contribution is 0.590. The van der Waals surface area contributed by atoms with Gasteiger partial charge in [-0.3, -0.25) is 9.80 Å². The second-order valence-electron chi connectivity index (χ2n) is 18.5. The Hall–Kier alpha value is -6.83. The first-order valence-corrected chi connectivity index (χ1v) is 24.8. The van der Waals surface area contributed by atoms with E-state index in [1.807, 2.05) is 6.07 Å². The molecule has 0 saturated carbocycles. The Morgan fingerprint density at radius 2 is 1.20 bits per heavy atom. The van der Waals surface area contributed by atoms with Gasteiger partial charge in [-0.2, -0.15) is 0 Å². The number of rotatable bonds is 6. The zero-order valence-electron chi connectivity index (χ0n) is 35.5. The fourth-order valence-corrected chi connectivity index (χ4v) is 10.6. The normalized spacial score (nSPS) is 13.3. The summed E-state index contributed by atoms with van der Waals surface area (Å²) in [4.78, 5) is 13.1. The Bertz CT molecular complexity index is 3130. The molecule has 0 amide bonds. The molecule has 0 aliphatic carbocycles. The smallest absolute Gasteiger partial charge is 0.254 e. The van der Waals surface area contributed by atoms with Crippen LogP contribution in [0.3, 0.4) is 0 Å². The third-order valence-corrected chi connectivity index (χ3v) is 14.6. The number of furan rings is 1. The SMILES string of the molecule is CC(C)(C)c1ccc(N(c2ccc3c(n2)N(c2ccccc2)c2cc([Si](C)(C)C)cc4c2B3c2ccccc2N4c2ccccc2)c2cccc3c2oc2ccccc23)cc1. The maximum atomic E-state index is 6.74. The first-order valence-electron chi connectivity index (χ1n) is 21.3. The van der Waals surface area contributed by atoms with E-state index >= 15 is 0 Å². The van der Waals surface area contributed by atoms with Crippen molar-refractivity contribution in [1.29, 1.82) is 0 Å². The third kappa shape index (κ3) is 6.01. The Labute approximate surface area is 359 Å². The van der Waals surface area contributed by atoms with Crippen molar-refractivity contribution in [3.8, 4) is 0 Å². The van der Waals surface area contributed by atoms with Gasteiger partial charge in [-0.1, -0.05) is 149 Å². The van der Waals surface area contributed by atoms with Crippen LogP contribution in [0.1, 0.15) is 26.3 Å². The lowest BCUT2D eigenvalue weighted by Crippen LogP contribution is -2.62. The van der Waals surface area contributed by atoms with Gasteiger partial charge in [-0.15, -0.1) is 0 Å². The van der Waals surface area contributed by atoms with Crippen LogP contribution in [-0.4, -0.2) is 19.8 Å². The van der Waals surface area contributed by atoms with Crippen molar-refractivity contribution in [3.05, 3.63) is 181 Å². The van der Waals surface area contributed by atoms with Crippen LogP contribution in [0.25, 0.3) is 21.9 Å². The van der Waals surface area contributed by atoms with Gasteiger partial charge in [0.05, 0.1) is 13.8 Å². The van der Waals surface area contributed by atoms with E-state index in [9.17, 15) is 0 Å². The highest BCUT2D eigenvalue weighted by molar-refractivity contribution is 7.00. The number of hydrogen-bond donors (Lipinski definition) is 0. The maximum Gasteiger partial charge on any atom is 0.254 e. The Kier molecular flexibility index (Phi) is 8.45. The van der Waals surface area contributed by atoms with Crippen LogP contribution < -0.4 is 36.3 Å². The summed E-state index contributed by atoms with van der Waals surface area (Å²) in [6, 6.07) is 63.9. The van der Waals surface area contributed by atoms with E-state index in [1.54, 1.807) is 0 Å². The molecule has 0 N–H and O–H groups in total. The van der Waals surface area contributed by atoms with Gasteiger partial charge in [0.15, 0.2) is 5.58 Å². The first kappa shape index (κ1) is 37.2. The minimum absolute atomic E-state index is 0.00967. The summed E-state index contributed by atoms with van der Waals surface area (Å²) in [7, 11) is -1.85. The van der Waals surface area contributed by atoms with Crippen molar-refractivity contribution < 1.29 is 4.42 Å². The largest absolute Gasteiger partial charge is 0.454 e. The van der Waals surface area contributed by atoms with Gasteiger partial charge < -0.3 is 9.32 Å². The van der Waals surface area contributed by atoms with Gasteiger partial charge in [0, 0.05) is 44.9 Å². The summed E-state index contributed by atoms with van der Waals surface area (Å²) in [5.41, 5.74) is 14.5. The van der Waals surface area contributed by atoms with Crippen molar-refractivity contribution in [2.75, 3.05) is 14.7 Å². The molecule has 296 valence electrons. The van der Waals surface area contributed by atoms with Crippen LogP contribution in [0.15, 0.2) is 180 Å². The van der Waals surface area contributed by atoms with Crippen LogP contribution in [0, 0.1) is 0 Å². The lowest BCUT2D eigenvalue weighted by Gasteiger charge is -2.44. The molecular formula is C54H47BN4OSi. The molecule has 0 unspecified atom stereocenters. The average Bonchev–Trinajstić information content (AvgIpc) is 3.66. The summed E-state index contributed by atoms with van der Waals surface area (Å²) in [6.45, 7) is 14.1. The molecule has 2 aliphatic rings. The molecule has 0 radical (unpaired) electrons. The monoisotopic (exact) mass is 806 g/mol. The fourth-order valence-electron chi connectivity index (χ4n) is 9.46. The summed E-state index contributed by atoms with van der Waals surface area (Å²) in [5.74, 6) is 1.74. The topological polar surface area (TPSA) is 35.8 Å². The number of fused-ring (bicyclic) bond motifs is 7.